The summed E-state index contributed by atoms with van der Waals surface area (Å²) in [6, 6.07) is 20.1. The average molecular weight is 473 g/mol. The molecule has 1 aliphatic heterocycles. The highest BCUT2D eigenvalue weighted by Crippen LogP contribution is 2.49. The fourth-order valence-corrected chi connectivity index (χ4v) is 4.93. The van der Waals surface area contributed by atoms with Crippen LogP contribution in [0.4, 0.5) is 5.69 Å². The molecule has 2 heterocycles. The van der Waals surface area contributed by atoms with Gasteiger partial charge in [0.2, 0.25) is 5.88 Å². The van der Waals surface area contributed by atoms with Crippen LogP contribution in [0, 0.1) is 35.3 Å². The summed E-state index contributed by atoms with van der Waals surface area (Å²) in [6.07, 6.45) is 0. The summed E-state index contributed by atoms with van der Waals surface area (Å²) in [5.41, 5.74) is 12.4. The van der Waals surface area contributed by atoms with Crippen molar-refractivity contribution in [2.24, 2.45) is 5.73 Å². The van der Waals surface area contributed by atoms with Gasteiger partial charge in [-0.2, -0.15) is 5.26 Å². The van der Waals surface area contributed by atoms with E-state index in [4.69, 9.17) is 20.4 Å². The quantitative estimate of drug-likeness (QED) is 0.151. The summed E-state index contributed by atoms with van der Waals surface area (Å²) < 4.78 is 6.07. The zero-order valence-electron chi connectivity index (χ0n) is 19.4. The third-order valence-corrected chi connectivity index (χ3v) is 6.80. The number of nitriles is 1. The fourth-order valence-electron chi connectivity index (χ4n) is 4.93. The van der Waals surface area contributed by atoms with Crippen LogP contribution >= 0.6 is 0 Å². The van der Waals surface area contributed by atoms with Crippen LogP contribution in [0.3, 0.4) is 0 Å². The van der Waals surface area contributed by atoms with Gasteiger partial charge >= 0.3 is 0 Å². The lowest BCUT2D eigenvalue weighted by Crippen LogP contribution is -2.22. The lowest BCUT2D eigenvalue weighted by atomic mass is 9.81. The van der Waals surface area contributed by atoms with Gasteiger partial charge in [-0.15, -0.1) is 0 Å². The number of aryl methyl sites for hydroxylation is 2. The van der Waals surface area contributed by atoms with Crippen molar-refractivity contribution in [2.45, 2.75) is 19.8 Å². The number of allylic oxidation sites excluding steroid dienone is 1. The molecule has 5 aromatic rings. The summed E-state index contributed by atoms with van der Waals surface area (Å²) in [5.74, 6) is -0.279. The molecule has 8 nitrogen and oxygen atoms in total. The Morgan fingerprint density at radius 3 is 2.31 bits per heavy atom. The molecule has 0 bridgehead atoms. The third-order valence-electron chi connectivity index (χ3n) is 6.80. The van der Waals surface area contributed by atoms with Gasteiger partial charge in [-0.05, 0) is 42.7 Å². The standard InChI is InChI=1S/C28H19N5O3/c1-14-10-21-22(11-15(14)2)32-26-24-23(16-6-5-7-17(12-16)33(34)35)20(13-29)28(30)36-27(24)19-9-4-3-8-18(19)25(26)31-21/h3-12,23H,30H2,1-2H3. The minimum Gasteiger partial charge on any atom is -0.439 e. The van der Waals surface area contributed by atoms with Crippen molar-refractivity contribution in [3.8, 4) is 11.8 Å². The Hall–Kier alpha value is -5.03. The van der Waals surface area contributed by atoms with E-state index in [1.807, 2.05) is 50.2 Å². The predicted octanol–water partition coefficient (Wildman–Crippen LogP) is 5.68. The van der Waals surface area contributed by atoms with Crippen LogP contribution in [0.15, 0.2) is 72.1 Å². The molecule has 0 saturated heterocycles. The van der Waals surface area contributed by atoms with E-state index >= 15 is 0 Å². The van der Waals surface area contributed by atoms with E-state index in [0.717, 1.165) is 27.4 Å². The molecule has 174 valence electrons. The largest absolute Gasteiger partial charge is 0.439 e. The van der Waals surface area contributed by atoms with Crippen molar-refractivity contribution >= 4 is 38.5 Å². The molecule has 36 heavy (non-hydrogen) atoms. The predicted molar refractivity (Wildman–Crippen MR) is 136 cm³/mol. The number of fused-ring (bicyclic) bond motifs is 7. The number of benzene rings is 4. The van der Waals surface area contributed by atoms with Gasteiger partial charge < -0.3 is 10.5 Å². The van der Waals surface area contributed by atoms with Crippen molar-refractivity contribution in [1.29, 1.82) is 5.26 Å². The van der Waals surface area contributed by atoms with Gasteiger partial charge in [0.1, 0.15) is 17.4 Å². The first-order chi connectivity index (χ1) is 17.4. The first kappa shape index (κ1) is 21.5. The first-order valence-electron chi connectivity index (χ1n) is 11.3. The Labute approximate surface area is 205 Å². The first-order valence-corrected chi connectivity index (χ1v) is 11.3. The number of non-ortho nitro benzene ring substituents is 1. The summed E-state index contributed by atoms with van der Waals surface area (Å²) in [4.78, 5) is 21.1. The molecule has 4 aromatic carbocycles. The highest BCUT2D eigenvalue weighted by atomic mass is 16.6. The molecular weight excluding hydrogens is 454 g/mol. The summed E-state index contributed by atoms with van der Waals surface area (Å²) >= 11 is 0. The molecule has 1 atom stereocenters. The minimum atomic E-state index is -0.718. The zero-order valence-corrected chi connectivity index (χ0v) is 19.4. The lowest BCUT2D eigenvalue weighted by molar-refractivity contribution is -0.384. The topological polar surface area (TPSA) is 128 Å². The van der Waals surface area contributed by atoms with Crippen molar-refractivity contribution in [2.75, 3.05) is 0 Å². The number of hydrogen-bond acceptors (Lipinski definition) is 7. The van der Waals surface area contributed by atoms with Crippen molar-refractivity contribution in [1.82, 2.24) is 9.97 Å². The van der Waals surface area contributed by atoms with E-state index in [2.05, 4.69) is 6.07 Å². The molecule has 8 heteroatoms. The van der Waals surface area contributed by atoms with Gasteiger partial charge in [0.25, 0.3) is 5.69 Å². The average Bonchev–Trinajstić information content (AvgIpc) is 2.88. The number of nitro benzene ring substituents is 1. The molecule has 0 amide bonds. The van der Waals surface area contributed by atoms with Gasteiger partial charge in [0.15, 0.2) is 0 Å². The Morgan fingerprint density at radius 1 is 0.972 bits per heavy atom. The van der Waals surface area contributed by atoms with Crippen LogP contribution in [-0.2, 0) is 0 Å². The number of aromatic nitrogens is 2. The molecule has 0 fully saturated rings. The number of nitrogens with zero attached hydrogens (tertiary/aromatic N) is 4. The Kier molecular flexibility index (Phi) is 4.63. The highest BCUT2D eigenvalue weighted by molar-refractivity contribution is 6.11. The van der Waals surface area contributed by atoms with E-state index in [1.54, 1.807) is 12.1 Å². The molecular formula is C28H19N5O3. The van der Waals surface area contributed by atoms with Gasteiger partial charge in [-0.3, -0.25) is 10.1 Å². The number of nitro groups is 1. The maximum atomic E-state index is 11.5. The van der Waals surface area contributed by atoms with E-state index in [9.17, 15) is 15.4 Å². The summed E-state index contributed by atoms with van der Waals surface area (Å²) in [7, 11) is 0. The summed E-state index contributed by atoms with van der Waals surface area (Å²) in [6.45, 7) is 4.05. The maximum absolute atomic E-state index is 11.5. The van der Waals surface area contributed by atoms with Gasteiger partial charge in [-0.25, -0.2) is 9.97 Å². The Balaban J connectivity index is 1.80. The zero-order chi connectivity index (χ0) is 25.1. The monoisotopic (exact) mass is 473 g/mol. The molecule has 2 N–H and O–H groups in total. The molecule has 0 saturated carbocycles. The third kappa shape index (κ3) is 3.07. The second kappa shape index (κ2) is 7.75. The number of rotatable bonds is 2. The fraction of sp³-hybridized carbons (Fsp3) is 0.107. The van der Waals surface area contributed by atoms with Gasteiger partial charge in [0.05, 0.1) is 32.9 Å². The molecule has 1 aromatic heterocycles. The van der Waals surface area contributed by atoms with Crippen molar-refractivity contribution < 1.29 is 9.66 Å². The van der Waals surface area contributed by atoms with Gasteiger partial charge in [-0.1, -0.05) is 36.4 Å². The van der Waals surface area contributed by atoms with E-state index in [-0.39, 0.29) is 17.1 Å². The Morgan fingerprint density at radius 2 is 1.64 bits per heavy atom. The smallest absolute Gasteiger partial charge is 0.269 e. The Bertz CT molecular complexity index is 1850. The van der Waals surface area contributed by atoms with E-state index < -0.39 is 10.8 Å². The van der Waals surface area contributed by atoms with Crippen LogP contribution in [0.5, 0.6) is 5.75 Å². The van der Waals surface area contributed by atoms with Crippen LogP contribution in [0.2, 0.25) is 0 Å². The van der Waals surface area contributed by atoms with E-state index in [1.165, 1.54) is 12.1 Å². The highest BCUT2D eigenvalue weighted by Gasteiger charge is 2.35. The van der Waals surface area contributed by atoms with Crippen molar-refractivity contribution in [3.05, 3.63) is 104 Å². The molecule has 0 spiro atoms. The van der Waals surface area contributed by atoms with Crippen LogP contribution < -0.4 is 10.5 Å². The second-order valence-corrected chi connectivity index (χ2v) is 8.91. The molecule has 6 rings (SSSR count). The molecule has 0 radical (unpaired) electrons. The molecule has 1 aliphatic rings. The normalized spacial score (nSPS) is 15.1. The number of nitrogens with two attached hydrogens (primary N) is 1. The molecule has 1 unspecified atom stereocenters. The van der Waals surface area contributed by atoms with Crippen molar-refractivity contribution in [3.63, 3.8) is 0 Å². The number of ether oxygens (including phenoxy) is 1. The minimum absolute atomic E-state index is 0.0359. The van der Waals surface area contributed by atoms with E-state index in [0.29, 0.717) is 33.4 Å². The lowest BCUT2D eigenvalue weighted by Gasteiger charge is -2.28. The SMILES string of the molecule is Cc1cc2nc3c4c(c5ccccc5c3nc2cc1C)OC(N)=C(C#N)C4c1cccc([N+](=O)[O-])c1. The molecule has 0 aliphatic carbocycles. The van der Waals surface area contributed by atoms with Crippen LogP contribution in [0.25, 0.3) is 32.8 Å². The van der Waals surface area contributed by atoms with Crippen LogP contribution in [0.1, 0.15) is 28.2 Å². The van der Waals surface area contributed by atoms with Gasteiger partial charge in [0, 0.05) is 28.5 Å². The maximum Gasteiger partial charge on any atom is 0.269 e. The summed E-state index contributed by atoms with van der Waals surface area (Å²) in [5, 5.41) is 23.2. The second-order valence-electron chi connectivity index (χ2n) is 8.91. The van der Waals surface area contributed by atoms with Crippen LogP contribution in [-0.4, -0.2) is 14.9 Å². The number of hydrogen-bond donors (Lipinski definition) is 1.